The van der Waals surface area contributed by atoms with E-state index in [9.17, 15) is 4.79 Å². The van der Waals surface area contributed by atoms with Crippen molar-refractivity contribution in [3.8, 4) is 5.75 Å². The van der Waals surface area contributed by atoms with Crippen molar-refractivity contribution in [1.82, 2.24) is 4.98 Å². The second-order valence-corrected chi connectivity index (χ2v) is 5.79. The molecular weight excluding hydrogens is 330 g/mol. The summed E-state index contributed by atoms with van der Waals surface area (Å²) in [5, 5.41) is 0.826. The third-order valence-corrected chi connectivity index (χ3v) is 4.06. The third kappa shape index (κ3) is 2.36. The van der Waals surface area contributed by atoms with E-state index in [2.05, 4.69) is 20.9 Å². The molecule has 1 aromatic heterocycles. The Morgan fingerprint density at radius 3 is 2.71 bits per heavy atom. The Morgan fingerprint density at radius 2 is 2.00 bits per heavy atom. The van der Waals surface area contributed by atoms with E-state index < -0.39 is 0 Å². The van der Waals surface area contributed by atoms with Crippen LogP contribution in [0.4, 0.5) is 0 Å². The van der Waals surface area contributed by atoms with Crippen LogP contribution in [0.5, 0.6) is 5.75 Å². The molecule has 0 amide bonds. The Labute approximate surface area is 131 Å². The fraction of sp³-hybridized carbons (Fsp3) is 0.118. The van der Waals surface area contributed by atoms with Crippen molar-refractivity contribution in [2.24, 2.45) is 0 Å². The first-order valence-electron chi connectivity index (χ1n) is 6.56. The molecule has 21 heavy (non-hydrogen) atoms. The number of benzene rings is 2. The molecule has 0 atom stereocenters. The number of hydrogen-bond donors (Lipinski definition) is 1. The normalized spacial score (nSPS) is 10.8. The van der Waals surface area contributed by atoms with E-state index in [-0.39, 0.29) is 5.78 Å². The number of hydrogen-bond acceptors (Lipinski definition) is 2. The van der Waals surface area contributed by atoms with Gasteiger partial charge in [-0.05, 0) is 42.8 Å². The SMILES string of the molecule is COc1cccc2[nH]cc(C(=O)c3ccc(Br)cc3C)c12. The number of aromatic amines is 1. The average Bonchev–Trinajstić information content (AvgIpc) is 2.90. The van der Waals surface area contributed by atoms with Crippen molar-refractivity contribution in [3.63, 3.8) is 0 Å². The number of carbonyl (C=O) groups excluding carboxylic acids is 1. The number of carbonyl (C=O) groups is 1. The van der Waals surface area contributed by atoms with Crippen molar-refractivity contribution in [2.75, 3.05) is 7.11 Å². The minimum atomic E-state index is -0.00394. The predicted molar refractivity (Wildman–Crippen MR) is 87.2 cm³/mol. The Balaban J connectivity index is 2.18. The van der Waals surface area contributed by atoms with Crippen LogP contribution in [0.3, 0.4) is 0 Å². The molecule has 0 saturated heterocycles. The zero-order valence-corrected chi connectivity index (χ0v) is 13.3. The summed E-state index contributed by atoms with van der Waals surface area (Å²) in [6.45, 7) is 1.93. The quantitative estimate of drug-likeness (QED) is 0.712. The van der Waals surface area contributed by atoms with Gasteiger partial charge in [0.15, 0.2) is 5.78 Å². The number of ether oxygens (including phenoxy) is 1. The molecule has 0 spiro atoms. The van der Waals surface area contributed by atoms with Crippen molar-refractivity contribution in [1.29, 1.82) is 0 Å². The summed E-state index contributed by atoms with van der Waals surface area (Å²) in [5.41, 5.74) is 3.17. The second kappa shape index (κ2) is 5.37. The fourth-order valence-corrected chi connectivity index (χ4v) is 3.00. The molecule has 0 unspecified atom stereocenters. The van der Waals surface area contributed by atoms with Gasteiger partial charge in [-0.3, -0.25) is 4.79 Å². The van der Waals surface area contributed by atoms with Crippen molar-refractivity contribution in [3.05, 3.63) is 63.8 Å². The van der Waals surface area contributed by atoms with Gasteiger partial charge in [-0.25, -0.2) is 0 Å². The molecule has 3 aromatic rings. The first kappa shape index (κ1) is 13.9. The smallest absolute Gasteiger partial charge is 0.195 e. The molecule has 0 aliphatic heterocycles. The lowest BCUT2D eigenvalue weighted by Gasteiger charge is -2.07. The summed E-state index contributed by atoms with van der Waals surface area (Å²) in [5.74, 6) is 0.697. The van der Waals surface area contributed by atoms with Crippen LogP contribution in [0.15, 0.2) is 47.1 Å². The average molecular weight is 344 g/mol. The van der Waals surface area contributed by atoms with Crippen LogP contribution in [0.2, 0.25) is 0 Å². The summed E-state index contributed by atoms with van der Waals surface area (Å²) < 4.78 is 6.35. The molecule has 4 heteroatoms. The molecule has 2 aromatic carbocycles. The lowest BCUT2D eigenvalue weighted by Crippen LogP contribution is -2.03. The number of ketones is 1. The number of rotatable bonds is 3. The zero-order chi connectivity index (χ0) is 15.0. The highest BCUT2D eigenvalue weighted by molar-refractivity contribution is 9.10. The maximum Gasteiger partial charge on any atom is 0.195 e. The third-order valence-electron chi connectivity index (χ3n) is 3.57. The Bertz CT molecular complexity index is 836. The minimum absolute atomic E-state index is 0.00394. The number of nitrogens with one attached hydrogen (secondary N) is 1. The van der Waals surface area contributed by atoms with Crippen molar-refractivity contribution >= 4 is 32.6 Å². The molecule has 0 aliphatic carbocycles. The highest BCUT2D eigenvalue weighted by Crippen LogP contribution is 2.30. The molecule has 1 heterocycles. The molecule has 106 valence electrons. The van der Waals surface area contributed by atoms with E-state index in [1.807, 2.05) is 43.3 Å². The molecule has 0 aliphatic rings. The van der Waals surface area contributed by atoms with Gasteiger partial charge in [-0.15, -0.1) is 0 Å². The molecule has 0 radical (unpaired) electrons. The van der Waals surface area contributed by atoms with E-state index in [0.29, 0.717) is 16.9 Å². The van der Waals surface area contributed by atoms with E-state index in [1.54, 1.807) is 13.3 Å². The molecule has 0 fully saturated rings. The van der Waals surface area contributed by atoms with Gasteiger partial charge in [-0.1, -0.05) is 22.0 Å². The van der Waals surface area contributed by atoms with Crippen LogP contribution in [-0.4, -0.2) is 17.9 Å². The number of fused-ring (bicyclic) bond motifs is 1. The minimum Gasteiger partial charge on any atom is -0.496 e. The number of H-pyrrole nitrogens is 1. The van der Waals surface area contributed by atoms with Crippen LogP contribution in [-0.2, 0) is 0 Å². The van der Waals surface area contributed by atoms with Gasteiger partial charge >= 0.3 is 0 Å². The summed E-state index contributed by atoms with van der Waals surface area (Å²) in [6, 6.07) is 11.4. The highest BCUT2D eigenvalue weighted by atomic mass is 79.9. The molecule has 0 bridgehead atoms. The lowest BCUT2D eigenvalue weighted by molar-refractivity contribution is 0.103. The van der Waals surface area contributed by atoms with E-state index >= 15 is 0 Å². The van der Waals surface area contributed by atoms with Gasteiger partial charge in [0.2, 0.25) is 0 Å². The summed E-state index contributed by atoms with van der Waals surface area (Å²) in [6.07, 6.45) is 1.75. The van der Waals surface area contributed by atoms with Gasteiger partial charge < -0.3 is 9.72 Å². The van der Waals surface area contributed by atoms with Gasteiger partial charge in [0.1, 0.15) is 5.75 Å². The van der Waals surface area contributed by atoms with E-state index in [0.717, 1.165) is 20.9 Å². The van der Waals surface area contributed by atoms with E-state index in [1.165, 1.54) is 0 Å². The summed E-state index contributed by atoms with van der Waals surface area (Å²) >= 11 is 3.42. The number of aromatic nitrogens is 1. The maximum atomic E-state index is 12.8. The van der Waals surface area contributed by atoms with Gasteiger partial charge in [-0.2, -0.15) is 0 Å². The lowest BCUT2D eigenvalue weighted by atomic mass is 9.98. The number of halogens is 1. The maximum absolute atomic E-state index is 12.8. The van der Waals surface area contributed by atoms with Gasteiger partial charge in [0.25, 0.3) is 0 Å². The molecule has 0 saturated carbocycles. The molecule has 3 rings (SSSR count). The predicted octanol–water partition coefficient (Wildman–Crippen LogP) is 4.48. The Kier molecular flexibility index (Phi) is 3.55. The second-order valence-electron chi connectivity index (χ2n) is 4.87. The largest absolute Gasteiger partial charge is 0.496 e. The van der Waals surface area contributed by atoms with Gasteiger partial charge in [0.05, 0.1) is 18.1 Å². The zero-order valence-electron chi connectivity index (χ0n) is 11.7. The van der Waals surface area contributed by atoms with Crippen LogP contribution in [0.25, 0.3) is 10.9 Å². The first-order valence-corrected chi connectivity index (χ1v) is 7.36. The highest BCUT2D eigenvalue weighted by Gasteiger charge is 2.18. The summed E-state index contributed by atoms with van der Waals surface area (Å²) in [4.78, 5) is 16.0. The molecular formula is C17H14BrNO2. The fourth-order valence-electron chi connectivity index (χ4n) is 2.53. The number of methoxy groups -OCH3 is 1. The van der Waals surface area contributed by atoms with Crippen molar-refractivity contribution < 1.29 is 9.53 Å². The first-order chi connectivity index (χ1) is 10.1. The Hall–Kier alpha value is -2.07. The standard InChI is InChI=1S/C17H14BrNO2/c1-10-8-11(18)6-7-12(10)17(20)13-9-19-14-4-3-5-15(21-2)16(13)14/h3-9,19H,1-2H3. The summed E-state index contributed by atoms with van der Waals surface area (Å²) in [7, 11) is 1.61. The van der Waals surface area contributed by atoms with E-state index in [4.69, 9.17) is 4.74 Å². The van der Waals surface area contributed by atoms with Crippen LogP contribution < -0.4 is 4.74 Å². The van der Waals surface area contributed by atoms with Crippen molar-refractivity contribution in [2.45, 2.75) is 6.92 Å². The van der Waals surface area contributed by atoms with Gasteiger partial charge in [0, 0.05) is 21.7 Å². The molecule has 1 N–H and O–H groups in total. The van der Waals surface area contributed by atoms with Crippen LogP contribution in [0.1, 0.15) is 21.5 Å². The van der Waals surface area contributed by atoms with Crippen LogP contribution >= 0.6 is 15.9 Å². The Morgan fingerprint density at radius 1 is 1.19 bits per heavy atom. The topological polar surface area (TPSA) is 42.1 Å². The van der Waals surface area contributed by atoms with Crippen LogP contribution in [0, 0.1) is 6.92 Å². The molecule has 3 nitrogen and oxygen atoms in total. The monoisotopic (exact) mass is 343 g/mol. The number of aryl methyl sites for hydroxylation is 1.